The first kappa shape index (κ1) is 13.6. The highest BCUT2D eigenvalue weighted by atomic mass is 16.2. The third kappa shape index (κ3) is 4.95. The molecule has 94 valence electrons. The van der Waals surface area contributed by atoms with Gasteiger partial charge in [0.1, 0.15) is 0 Å². The fraction of sp³-hybridized carbons (Fsp3) is 0.538. The SMILES string of the molecule is CCCC(=O)N(CCCN)Cc1cccnc1. The molecule has 0 saturated heterocycles. The Balaban J connectivity index is 2.59. The van der Waals surface area contributed by atoms with E-state index in [1.54, 1.807) is 12.4 Å². The van der Waals surface area contributed by atoms with Gasteiger partial charge in [0, 0.05) is 31.9 Å². The van der Waals surface area contributed by atoms with Gasteiger partial charge in [-0.1, -0.05) is 13.0 Å². The van der Waals surface area contributed by atoms with Crippen molar-refractivity contribution in [3.05, 3.63) is 30.1 Å². The maximum Gasteiger partial charge on any atom is 0.222 e. The molecule has 0 bridgehead atoms. The molecule has 1 heterocycles. The Kier molecular flexibility index (Phi) is 6.25. The average molecular weight is 235 g/mol. The van der Waals surface area contributed by atoms with Crippen LogP contribution in [0.25, 0.3) is 0 Å². The number of aromatic nitrogens is 1. The molecular weight excluding hydrogens is 214 g/mol. The van der Waals surface area contributed by atoms with Crippen LogP contribution in [-0.2, 0) is 11.3 Å². The number of rotatable bonds is 7. The summed E-state index contributed by atoms with van der Waals surface area (Å²) in [6, 6.07) is 3.88. The van der Waals surface area contributed by atoms with Crippen LogP contribution in [-0.4, -0.2) is 28.9 Å². The van der Waals surface area contributed by atoms with Crippen molar-refractivity contribution in [1.82, 2.24) is 9.88 Å². The summed E-state index contributed by atoms with van der Waals surface area (Å²) in [5.41, 5.74) is 6.56. The second-order valence-corrected chi connectivity index (χ2v) is 4.07. The number of amides is 1. The van der Waals surface area contributed by atoms with E-state index in [9.17, 15) is 4.79 Å². The van der Waals surface area contributed by atoms with Gasteiger partial charge in [-0.3, -0.25) is 9.78 Å². The molecule has 0 aliphatic carbocycles. The van der Waals surface area contributed by atoms with E-state index >= 15 is 0 Å². The van der Waals surface area contributed by atoms with Crippen molar-refractivity contribution in [2.24, 2.45) is 5.73 Å². The van der Waals surface area contributed by atoms with Crippen LogP contribution in [0.1, 0.15) is 31.7 Å². The summed E-state index contributed by atoms with van der Waals surface area (Å²) in [5, 5.41) is 0. The first-order chi connectivity index (χ1) is 8.27. The molecule has 1 rings (SSSR count). The van der Waals surface area contributed by atoms with Crippen molar-refractivity contribution < 1.29 is 4.79 Å². The third-order valence-electron chi connectivity index (χ3n) is 2.54. The van der Waals surface area contributed by atoms with Crippen molar-refractivity contribution in [2.75, 3.05) is 13.1 Å². The molecule has 0 unspecified atom stereocenters. The predicted molar refractivity (Wildman–Crippen MR) is 68.2 cm³/mol. The molecule has 2 N–H and O–H groups in total. The van der Waals surface area contributed by atoms with Gasteiger partial charge in [0.15, 0.2) is 0 Å². The Labute approximate surface area is 103 Å². The van der Waals surface area contributed by atoms with Gasteiger partial charge in [0.05, 0.1) is 0 Å². The van der Waals surface area contributed by atoms with Crippen molar-refractivity contribution in [3.63, 3.8) is 0 Å². The quantitative estimate of drug-likeness (QED) is 0.780. The van der Waals surface area contributed by atoms with Crippen molar-refractivity contribution in [1.29, 1.82) is 0 Å². The van der Waals surface area contributed by atoms with E-state index in [-0.39, 0.29) is 5.91 Å². The highest BCUT2D eigenvalue weighted by Crippen LogP contribution is 2.06. The van der Waals surface area contributed by atoms with Gasteiger partial charge >= 0.3 is 0 Å². The fourth-order valence-electron chi connectivity index (χ4n) is 1.66. The summed E-state index contributed by atoms with van der Waals surface area (Å²) >= 11 is 0. The van der Waals surface area contributed by atoms with E-state index in [4.69, 9.17) is 5.73 Å². The Hall–Kier alpha value is -1.42. The lowest BCUT2D eigenvalue weighted by Crippen LogP contribution is -2.32. The Morgan fingerprint density at radius 2 is 2.35 bits per heavy atom. The van der Waals surface area contributed by atoms with Crippen LogP contribution in [0.4, 0.5) is 0 Å². The topological polar surface area (TPSA) is 59.2 Å². The standard InChI is InChI=1S/C13H21N3O/c1-2-5-13(17)16(9-4-7-14)11-12-6-3-8-15-10-12/h3,6,8,10H,2,4-5,7,9,11,14H2,1H3. The summed E-state index contributed by atoms with van der Waals surface area (Å²) in [7, 11) is 0. The molecule has 1 aromatic rings. The van der Waals surface area contributed by atoms with Crippen LogP contribution in [0.3, 0.4) is 0 Å². The maximum absolute atomic E-state index is 11.9. The summed E-state index contributed by atoms with van der Waals surface area (Å²) in [6.45, 7) is 3.99. The van der Waals surface area contributed by atoms with E-state index in [0.717, 1.165) is 24.9 Å². The molecule has 0 spiro atoms. The van der Waals surface area contributed by atoms with Gasteiger partial charge in [-0.25, -0.2) is 0 Å². The van der Waals surface area contributed by atoms with Crippen LogP contribution < -0.4 is 5.73 Å². The van der Waals surface area contributed by atoms with Gasteiger partial charge in [-0.2, -0.15) is 0 Å². The average Bonchev–Trinajstić information content (AvgIpc) is 2.36. The first-order valence-corrected chi connectivity index (χ1v) is 6.14. The zero-order chi connectivity index (χ0) is 12.5. The number of nitrogens with zero attached hydrogens (tertiary/aromatic N) is 2. The number of hydrogen-bond acceptors (Lipinski definition) is 3. The molecule has 4 nitrogen and oxygen atoms in total. The van der Waals surface area contributed by atoms with Gasteiger partial charge in [-0.15, -0.1) is 0 Å². The van der Waals surface area contributed by atoms with Crippen LogP contribution in [0, 0.1) is 0 Å². The molecule has 0 aliphatic rings. The predicted octanol–water partition coefficient (Wildman–Crippen LogP) is 1.56. The summed E-state index contributed by atoms with van der Waals surface area (Å²) in [6.07, 6.45) is 5.86. The van der Waals surface area contributed by atoms with Crippen molar-refractivity contribution in [3.8, 4) is 0 Å². The second kappa shape index (κ2) is 7.79. The van der Waals surface area contributed by atoms with E-state index < -0.39 is 0 Å². The van der Waals surface area contributed by atoms with E-state index in [1.165, 1.54) is 0 Å². The van der Waals surface area contributed by atoms with E-state index in [2.05, 4.69) is 4.98 Å². The second-order valence-electron chi connectivity index (χ2n) is 4.07. The molecule has 1 amide bonds. The fourth-order valence-corrected chi connectivity index (χ4v) is 1.66. The molecule has 0 radical (unpaired) electrons. The molecule has 0 aliphatic heterocycles. The number of carbonyl (C=O) groups is 1. The summed E-state index contributed by atoms with van der Waals surface area (Å²) in [5.74, 6) is 0.199. The smallest absolute Gasteiger partial charge is 0.222 e. The molecule has 0 atom stereocenters. The molecular formula is C13H21N3O. The monoisotopic (exact) mass is 235 g/mol. The van der Waals surface area contributed by atoms with Crippen molar-refractivity contribution >= 4 is 5.91 Å². The third-order valence-corrected chi connectivity index (χ3v) is 2.54. The number of nitrogens with two attached hydrogens (primary N) is 1. The zero-order valence-electron chi connectivity index (χ0n) is 10.4. The molecule has 4 heteroatoms. The minimum atomic E-state index is 0.199. The highest BCUT2D eigenvalue weighted by Gasteiger charge is 2.12. The van der Waals surface area contributed by atoms with E-state index in [0.29, 0.717) is 19.5 Å². The molecule has 0 saturated carbocycles. The molecule has 0 aromatic carbocycles. The minimum Gasteiger partial charge on any atom is -0.338 e. The molecule has 17 heavy (non-hydrogen) atoms. The van der Waals surface area contributed by atoms with Crippen LogP contribution in [0.5, 0.6) is 0 Å². The zero-order valence-corrected chi connectivity index (χ0v) is 10.4. The van der Waals surface area contributed by atoms with Gasteiger partial charge < -0.3 is 10.6 Å². The Bertz CT molecular complexity index is 327. The Morgan fingerprint density at radius 3 is 2.94 bits per heavy atom. The lowest BCUT2D eigenvalue weighted by Gasteiger charge is -2.22. The summed E-state index contributed by atoms with van der Waals surface area (Å²) in [4.78, 5) is 17.8. The van der Waals surface area contributed by atoms with Crippen LogP contribution >= 0.6 is 0 Å². The minimum absolute atomic E-state index is 0.199. The number of hydrogen-bond donors (Lipinski definition) is 1. The summed E-state index contributed by atoms with van der Waals surface area (Å²) < 4.78 is 0. The number of pyridine rings is 1. The van der Waals surface area contributed by atoms with Crippen LogP contribution in [0.2, 0.25) is 0 Å². The van der Waals surface area contributed by atoms with Crippen molar-refractivity contribution in [2.45, 2.75) is 32.7 Å². The number of carbonyl (C=O) groups excluding carboxylic acids is 1. The Morgan fingerprint density at radius 1 is 1.53 bits per heavy atom. The molecule has 1 aromatic heterocycles. The van der Waals surface area contributed by atoms with Gasteiger partial charge in [0.25, 0.3) is 0 Å². The molecule has 0 fully saturated rings. The van der Waals surface area contributed by atoms with E-state index in [1.807, 2.05) is 24.0 Å². The van der Waals surface area contributed by atoms with Gasteiger partial charge in [-0.05, 0) is 31.0 Å². The maximum atomic E-state index is 11.9. The lowest BCUT2D eigenvalue weighted by atomic mass is 10.2. The van der Waals surface area contributed by atoms with Crippen LogP contribution in [0.15, 0.2) is 24.5 Å². The lowest BCUT2D eigenvalue weighted by molar-refractivity contribution is -0.131. The van der Waals surface area contributed by atoms with Gasteiger partial charge in [0.2, 0.25) is 5.91 Å². The largest absolute Gasteiger partial charge is 0.338 e. The first-order valence-electron chi connectivity index (χ1n) is 6.14. The normalized spacial score (nSPS) is 10.2. The highest BCUT2D eigenvalue weighted by molar-refractivity contribution is 5.76.